The Morgan fingerprint density at radius 1 is 1.21 bits per heavy atom. The molecule has 2 aliphatic rings. The number of piperidine rings is 1. The molecule has 3 heterocycles. The molecule has 0 saturated carbocycles. The van der Waals surface area contributed by atoms with Gasteiger partial charge in [-0.1, -0.05) is 12.1 Å². The molecule has 7 nitrogen and oxygen atoms in total. The molecule has 1 aromatic heterocycles. The largest absolute Gasteiger partial charge is 0.462 e. The molecule has 2 aliphatic heterocycles. The van der Waals surface area contributed by atoms with Crippen molar-refractivity contribution < 1.29 is 31.6 Å². The average molecular weight is 503 g/mol. The van der Waals surface area contributed by atoms with E-state index in [2.05, 4.69) is 10.1 Å². The SMILES string of the molecule is CCOc1noc(C2CC(c3ccc(CC(F)(F)F)c(F)c3)CN(C(=O)N3CCSCC3)C2)n1. The highest BCUT2D eigenvalue weighted by Gasteiger charge is 2.37. The summed E-state index contributed by atoms with van der Waals surface area (Å²) in [5.41, 5.74) is 0.130. The number of likely N-dealkylation sites (tertiary alicyclic amines) is 1. The van der Waals surface area contributed by atoms with E-state index >= 15 is 0 Å². The Kier molecular flexibility index (Phi) is 7.54. The molecule has 12 heteroatoms. The van der Waals surface area contributed by atoms with E-state index in [4.69, 9.17) is 9.26 Å². The summed E-state index contributed by atoms with van der Waals surface area (Å²) in [6.07, 6.45) is -5.35. The van der Waals surface area contributed by atoms with Crippen molar-refractivity contribution in [1.82, 2.24) is 19.9 Å². The van der Waals surface area contributed by atoms with Crippen molar-refractivity contribution in [1.29, 1.82) is 0 Å². The maximum absolute atomic E-state index is 14.5. The van der Waals surface area contributed by atoms with Crippen LogP contribution in [0.4, 0.5) is 22.4 Å². The molecular weight excluding hydrogens is 476 g/mol. The van der Waals surface area contributed by atoms with Crippen molar-refractivity contribution in [3.05, 3.63) is 41.0 Å². The predicted octanol–water partition coefficient (Wildman–Crippen LogP) is 4.45. The molecule has 0 radical (unpaired) electrons. The maximum atomic E-state index is 14.5. The number of ether oxygens (including phenoxy) is 1. The van der Waals surface area contributed by atoms with Gasteiger partial charge in [0.25, 0.3) is 0 Å². The molecule has 34 heavy (non-hydrogen) atoms. The molecule has 2 atom stereocenters. The lowest BCUT2D eigenvalue weighted by Crippen LogP contribution is -2.51. The van der Waals surface area contributed by atoms with Crippen molar-refractivity contribution in [2.45, 2.75) is 37.8 Å². The van der Waals surface area contributed by atoms with Crippen molar-refractivity contribution in [2.24, 2.45) is 0 Å². The normalized spacial score (nSPS) is 21.6. The van der Waals surface area contributed by atoms with Crippen LogP contribution in [0.25, 0.3) is 0 Å². The van der Waals surface area contributed by atoms with Crippen LogP contribution in [-0.4, -0.2) is 76.4 Å². The highest BCUT2D eigenvalue weighted by Crippen LogP contribution is 2.37. The summed E-state index contributed by atoms with van der Waals surface area (Å²) in [6.45, 7) is 4.12. The van der Waals surface area contributed by atoms with Gasteiger partial charge in [-0.05, 0) is 35.7 Å². The maximum Gasteiger partial charge on any atom is 0.393 e. The number of benzene rings is 1. The molecule has 2 unspecified atom stereocenters. The number of carbonyl (C=O) groups excluding carboxylic acids is 1. The number of urea groups is 1. The highest BCUT2D eigenvalue weighted by molar-refractivity contribution is 7.99. The van der Waals surface area contributed by atoms with Crippen molar-refractivity contribution in [3.63, 3.8) is 0 Å². The van der Waals surface area contributed by atoms with Crippen LogP contribution in [0.1, 0.15) is 42.2 Å². The van der Waals surface area contributed by atoms with Gasteiger partial charge in [-0.25, -0.2) is 9.18 Å². The lowest BCUT2D eigenvalue weighted by Gasteiger charge is -2.40. The Morgan fingerprint density at radius 3 is 2.62 bits per heavy atom. The van der Waals surface area contributed by atoms with Crippen LogP contribution in [0.3, 0.4) is 0 Å². The average Bonchev–Trinajstić information content (AvgIpc) is 3.28. The zero-order valence-electron chi connectivity index (χ0n) is 18.7. The number of thioether (sulfide) groups is 1. The van der Waals surface area contributed by atoms with E-state index in [1.165, 1.54) is 12.1 Å². The minimum absolute atomic E-state index is 0.105. The first-order valence-electron chi connectivity index (χ1n) is 11.2. The first-order chi connectivity index (χ1) is 16.2. The summed E-state index contributed by atoms with van der Waals surface area (Å²) in [5, 5.41) is 3.81. The third-order valence-corrected chi connectivity index (χ3v) is 6.93. The van der Waals surface area contributed by atoms with E-state index in [-0.39, 0.29) is 23.9 Å². The lowest BCUT2D eigenvalue weighted by molar-refractivity contribution is -0.127. The summed E-state index contributed by atoms with van der Waals surface area (Å²) in [5.74, 6) is 0.508. The summed E-state index contributed by atoms with van der Waals surface area (Å²) in [6, 6.07) is 3.82. The van der Waals surface area contributed by atoms with Crippen LogP contribution >= 0.6 is 11.8 Å². The van der Waals surface area contributed by atoms with E-state index in [9.17, 15) is 22.4 Å². The molecule has 186 valence electrons. The third kappa shape index (κ3) is 5.94. The first-order valence-corrected chi connectivity index (χ1v) is 12.3. The molecular formula is C22H26F4N4O3S. The van der Waals surface area contributed by atoms with Gasteiger partial charge < -0.3 is 19.1 Å². The van der Waals surface area contributed by atoms with Gasteiger partial charge in [-0.3, -0.25) is 0 Å². The molecule has 2 fully saturated rings. The Morgan fingerprint density at radius 2 is 1.94 bits per heavy atom. The number of hydrogen-bond donors (Lipinski definition) is 0. The summed E-state index contributed by atoms with van der Waals surface area (Å²) in [4.78, 5) is 21.0. The van der Waals surface area contributed by atoms with Gasteiger partial charge in [0.15, 0.2) is 0 Å². The van der Waals surface area contributed by atoms with Crippen LogP contribution in [0, 0.1) is 5.82 Å². The minimum atomic E-state index is -4.50. The predicted molar refractivity (Wildman–Crippen MR) is 118 cm³/mol. The monoisotopic (exact) mass is 502 g/mol. The van der Waals surface area contributed by atoms with Gasteiger partial charge in [-0.15, -0.1) is 0 Å². The number of carbonyl (C=O) groups is 1. The molecule has 2 saturated heterocycles. The zero-order valence-corrected chi connectivity index (χ0v) is 19.5. The quantitative estimate of drug-likeness (QED) is 0.563. The number of halogens is 4. The zero-order chi connectivity index (χ0) is 24.3. The van der Waals surface area contributed by atoms with E-state index in [1.54, 1.807) is 28.5 Å². The number of hydrogen-bond acceptors (Lipinski definition) is 6. The number of alkyl halides is 3. The van der Waals surface area contributed by atoms with Crippen LogP contribution in [0.5, 0.6) is 6.01 Å². The molecule has 0 aliphatic carbocycles. The Bertz CT molecular complexity index is 997. The second-order valence-corrected chi connectivity index (χ2v) is 9.63. The summed E-state index contributed by atoms with van der Waals surface area (Å²) < 4.78 is 63.4. The Labute approximate surface area is 198 Å². The molecule has 0 bridgehead atoms. The molecule has 1 aromatic carbocycles. The van der Waals surface area contributed by atoms with E-state index in [0.717, 1.165) is 17.6 Å². The van der Waals surface area contributed by atoms with E-state index < -0.39 is 24.0 Å². The lowest BCUT2D eigenvalue weighted by atomic mass is 9.84. The van der Waals surface area contributed by atoms with Crippen LogP contribution < -0.4 is 4.74 Å². The van der Waals surface area contributed by atoms with Gasteiger partial charge >= 0.3 is 18.2 Å². The van der Waals surface area contributed by atoms with Crippen LogP contribution in [0.2, 0.25) is 0 Å². The second-order valence-electron chi connectivity index (χ2n) is 8.41. The van der Waals surface area contributed by atoms with Gasteiger partial charge in [0.05, 0.1) is 18.9 Å². The van der Waals surface area contributed by atoms with Gasteiger partial charge in [-0.2, -0.15) is 29.9 Å². The Hall–Kier alpha value is -2.50. The number of aromatic nitrogens is 2. The molecule has 2 amide bonds. The van der Waals surface area contributed by atoms with Crippen LogP contribution in [0.15, 0.2) is 22.7 Å². The van der Waals surface area contributed by atoms with Gasteiger partial charge in [0, 0.05) is 43.6 Å². The van der Waals surface area contributed by atoms with E-state index in [1.807, 2.05) is 0 Å². The van der Waals surface area contributed by atoms with Crippen molar-refractivity contribution in [2.75, 3.05) is 44.3 Å². The highest BCUT2D eigenvalue weighted by atomic mass is 32.2. The summed E-state index contributed by atoms with van der Waals surface area (Å²) >= 11 is 1.79. The number of amides is 2. The third-order valence-electron chi connectivity index (χ3n) is 5.99. The van der Waals surface area contributed by atoms with E-state index in [0.29, 0.717) is 50.7 Å². The van der Waals surface area contributed by atoms with Crippen molar-refractivity contribution in [3.8, 4) is 6.01 Å². The molecule has 0 N–H and O–H groups in total. The number of nitrogens with zero attached hydrogens (tertiary/aromatic N) is 4. The Balaban J connectivity index is 1.58. The fourth-order valence-corrected chi connectivity index (χ4v) is 5.28. The van der Waals surface area contributed by atoms with Crippen molar-refractivity contribution >= 4 is 17.8 Å². The fraction of sp³-hybridized carbons (Fsp3) is 0.591. The molecule has 2 aromatic rings. The van der Waals surface area contributed by atoms with Crippen LogP contribution in [-0.2, 0) is 6.42 Å². The molecule has 4 rings (SSSR count). The standard InChI is InChI=1S/C22H26F4N4O3S/c1-2-32-20-27-19(33-28-20)17-9-16(12-30(13-17)21(31)29-5-7-34-8-6-29)14-3-4-15(18(23)10-14)11-22(24,25)26/h3-4,10,16-17H,2,5-9,11-13H2,1H3. The minimum Gasteiger partial charge on any atom is -0.462 e. The smallest absolute Gasteiger partial charge is 0.393 e. The van der Waals surface area contributed by atoms with Gasteiger partial charge in [0.2, 0.25) is 5.89 Å². The number of rotatable bonds is 5. The first kappa shape index (κ1) is 24.6. The molecule has 0 spiro atoms. The fourth-order valence-electron chi connectivity index (χ4n) is 4.38. The summed E-state index contributed by atoms with van der Waals surface area (Å²) in [7, 11) is 0. The van der Waals surface area contributed by atoms with Gasteiger partial charge in [0.1, 0.15) is 5.82 Å². The topological polar surface area (TPSA) is 71.7 Å². The second kappa shape index (κ2) is 10.4.